The Morgan fingerprint density at radius 2 is 1.40 bits per heavy atom. The van der Waals surface area contributed by atoms with Crippen molar-refractivity contribution < 1.29 is 14.3 Å². The Morgan fingerprint density at radius 1 is 0.833 bits per heavy atom. The van der Waals surface area contributed by atoms with E-state index >= 15 is 0 Å². The lowest BCUT2D eigenvalue weighted by Crippen LogP contribution is -2.10. The number of hydrogen-bond donors (Lipinski definition) is 0. The molecule has 0 amide bonds. The number of methoxy groups -OCH3 is 1. The maximum Gasteiger partial charge on any atom is 0.305 e. The molecule has 1 heterocycles. The van der Waals surface area contributed by atoms with Crippen LogP contribution in [0.4, 0.5) is 0 Å². The van der Waals surface area contributed by atoms with Gasteiger partial charge in [0.1, 0.15) is 0 Å². The summed E-state index contributed by atoms with van der Waals surface area (Å²) in [5.41, 5.74) is 2.28. The van der Waals surface area contributed by atoms with Crippen molar-refractivity contribution >= 4 is 20.1 Å². The van der Waals surface area contributed by atoms with Gasteiger partial charge in [0.25, 0.3) is 0 Å². The van der Waals surface area contributed by atoms with Crippen molar-refractivity contribution in [2.24, 2.45) is 0 Å². The van der Waals surface area contributed by atoms with Crippen LogP contribution in [-0.4, -0.2) is 27.3 Å². The predicted octanol–water partition coefficient (Wildman–Crippen LogP) is 7.11. The number of carbonyl (C=O) groups is 2. The van der Waals surface area contributed by atoms with Crippen molar-refractivity contribution in [3.63, 3.8) is 0 Å². The number of ketones is 1. The summed E-state index contributed by atoms with van der Waals surface area (Å²) in [6.07, 6.45) is 21.3. The van der Waals surface area contributed by atoms with E-state index in [0.29, 0.717) is 6.42 Å². The number of aryl methyl sites for hydroxylation is 1. The lowest BCUT2D eigenvalue weighted by atomic mass is 10.1. The quantitative estimate of drug-likeness (QED) is 0.0819. The fourth-order valence-corrected chi connectivity index (χ4v) is 6.12. The van der Waals surface area contributed by atoms with Gasteiger partial charge in [0.15, 0.2) is 5.78 Å². The van der Waals surface area contributed by atoms with E-state index in [1.807, 2.05) is 12.1 Å². The molecule has 0 spiro atoms. The maximum absolute atomic E-state index is 11.7. The van der Waals surface area contributed by atoms with E-state index in [1.54, 1.807) is 6.92 Å². The molecule has 1 rings (SSSR count). The number of allylic oxidation sites excluding steroid dienone is 2. The Balaban J connectivity index is 1.87. The molecule has 0 aliphatic heterocycles. The van der Waals surface area contributed by atoms with Crippen LogP contribution >= 0.6 is 0 Å². The van der Waals surface area contributed by atoms with Crippen molar-refractivity contribution in [3.05, 3.63) is 41.2 Å². The highest BCUT2D eigenvalue weighted by atomic mass is 28.2. The first-order valence-corrected chi connectivity index (χ1v) is 13.7. The van der Waals surface area contributed by atoms with Gasteiger partial charge in [0.05, 0.1) is 15.5 Å². The van der Waals surface area contributed by atoms with E-state index in [4.69, 9.17) is 0 Å². The Labute approximate surface area is 185 Å². The van der Waals surface area contributed by atoms with Crippen LogP contribution in [-0.2, 0) is 15.6 Å². The van der Waals surface area contributed by atoms with Crippen LogP contribution < -0.4 is 0 Å². The molecule has 0 radical (unpaired) electrons. The molecule has 0 aromatic carbocycles. The fraction of sp³-hybridized carbons (Fsp3) is 0.654. The van der Waals surface area contributed by atoms with Crippen LogP contribution in [0, 0.1) is 0 Å². The molecule has 3 nitrogen and oxygen atoms in total. The van der Waals surface area contributed by atoms with E-state index in [1.165, 1.54) is 83.8 Å². The SMILES string of the molecule is COC(=O)CCCCCCC/C=C\CCCCCCCC[si]1ccccc1C(C)=O. The fourth-order valence-electron chi connectivity index (χ4n) is 3.77. The molecule has 0 N–H and O–H groups in total. The molecular formula is C26H42O3Si. The van der Waals surface area contributed by atoms with E-state index < -0.39 is 8.40 Å². The Bertz CT molecular complexity index is 624. The van der Waals surface area contributed by atoms with Gasteiger partial charge < -0.3 is 4.74 Å². The second-order valence-electron chi connectivity index (χ2n) is 8.23. The topological polar surface area (TPSA) is 43.4 Å². The van der Waals surface area contributed by atoms with E-state index in [0.717, 1.165) is 18.0 Å². The molecule has 4 heteroatoms. The third-order valence-electron chi connectivity index (χ3n) is 5.61. The number of unbranched alkanes of at least 4 members (excludes halogenated alkanes) is 11. The highest BCUT2D eigenvalue weighted by molar-refractivity contribution is 6.57. The number of ether oxygens (including phenoxy) is 1. The first kappa shape index (κ1) is 26.5. The standard InChI is InChI=1S/C26H42O3Si/c1-24(27)25-20-17-19-23-30(25)22-18-15-13-11-9-7-5-3-4-6-8-10-12-14-16-21-26(28)29-2/h3-4,17,19-20,23H,5-16,18,21-22H2,1-2H3/b4-3-. The summed E-state index contributed by atoms with van der Waals surface area (Å²) in [5, 5.41) is 1.08. The van der Waals surface area contributed by atoms with Gasteiger partial charge in [0, 0.05) is 6.42 Å². The first-order valence-electron chi connectivity index (χ1n) is 12.0. The molecule has 30 heavy (non-hydrogen) atoms. The molecule has 0 saturated carbocycles. The molecule has 0 saturated heterocycles. The van der Waals surface area contributed by atoms with Gasteiger partial charge in [-0.25, -0.2) is 0 Å². The zero-order chi connectivity index (χ0) is 21.9. The zero-order valence-corrected chi connectivity index (χ0v) is 20.3. The van der Waals surface area contributed by atoms with Crippen molar-refractivity contribution in [2.75, 3.05) is 7.11 Å². The minimum Gasteiger partial charge on any atom is -0.469 e. The number of rotatable bonds is 18. The number of carbonyl (C=O) groups excluding carboxylic acids is 2. The van der Waals surface area contributed by atoms with Gasteiger partial charge >= 0.3 is 5.97 Å². The van der Waals surface area contributed by atoms with E-state index in [-0.39, 0.29) is 11.8 Å². The largest absolute Gasteiger partial charge is 0.469 e. The minimum atomic E-state index is -0.737. The van der Waals surface area contributed by atoms with Crippen LogP contribution in [0.2, 0.25) is 0 Å². The van der Waals surface area contributed by atoms with Gasteiger partial charge in [-0.05, 0) is 50.2 Å². The maximum atomic E-state index is 11.7. The van der Waals surface area contributed by atoms with Gasteiger partial charge in [-0.2, -0.15) is 0 Å². The van der Waals surface area contributed by atoms with Crippen molar-refractivity contribution in [1.82, 2.24) is 0 Å². The molecule has 0 aliphatic carbocycles. The van der Waals surface area contributed by atoms with Crippen molar-refractivity contribution in [2.45, 2.75) is 103 Å². The number of esters is 1. The molecule has 0 atom stereocenters. The third kappa shape index (κ3) is 13.6. The molecular weight excluding hydrogens is 388 g/mol. The predicted molar refractivity (Wildman–Crippen MR) is 128 cm³/mol. The molecule has 0 unspecified atom stereocenters. The lowest BCUT2D eigenvalue weighted by molar-refractivity contribution is -0.140. The normalized spacial score (nSPS) is 11.1. The molecule has 0 bridgehead atoms. The molecule has 1 aromatic rings. The van der Waals surface area contributed by atoms with Gasteiger partial charge in [-0.15, -0.1) is 0 Å². The number of hydrogen-bond acceptors (Lipinski definition) is 3. The van der Waals surface area contributed by atoms with Crippen LogP contribution in [0.3, 0.4) is 0 Å². The Hall–Kier alpha value is -1.55. The zero-order valence-electron chi connectivity index (χ0n) is 19.3. The lowest BCUT2D eigenvalue weighted by Gasteiger charge is -2.05. The van der Waals surface area contributed by atoms with Crippen LogP contribution in [0.25, 0.3) is 0 Å². The summed E-state index contributed by atoms with van der Waals surface area (Å²) >= 11 is 0. The molecule has 0 fully saturated rings. The van der Waals surface area contributed by atoms with Crippen molar-refractivity contribution in [3.8, 4) is 0 Å². The highest BCUT2D eigenvalue weighted by Gasteiger charge is 2.06. The van der Waals surface area contributed by atoms with E-state index in [2.05, 4.69) is 28.6 Å². The van der Waals surface area contributed by atoms with Crippen LogP contribution in [0.15, 0.2) is 36.0 Å². The monoisotopic (exact) mass is 430 g/mol. The number of Topliss-reactive ketones (excluding diaryl/α,β-unsaturated/α-hetero) is 1. The minimum absolute atomic E-state index is 0.0874. The molecule has 1 aromatic heterocycles. The summed E-state index contributed by atoms with van der Waals surface area (Å²) in [4.78, 5) is 22.7. The Morgan fingerprint density at radius 3 is 2.00 bits per heavy atom. The Kier molecular flexibility index (Phi) is 16.1. The average molecular weight is 431 g/mol. The summed E-state index contributed by atoms with van der Waals surface area (Å²) in [5.74, 6) is 0.170. The highest BCUT2D eigenvalue weighted by Crippen LogP contribution is 2.11. The molecule has 0 aliphatic rings. The van der Waals surface area contributed by atoms with Gasteiger partial charge in [-0.3, -0.25) is 9.59 Å². The summed E-state index contributed by atoms with van der Waals surface area (Å²) in [6, 6.07) is 7.34. The summed E-state index contributed by atoms with van der Waals surface area (Å²) in [6.45, 7) is 1.70. The summed E-state index contributed by atoms with van der Waals surface area (Å²) in [7, 11) is 0.717. The third-order valence-corrected chi connectivity index (χ3v) is 8.31. The van der Waals surface area contributed by atoms with Crippen LogP contribution in [0.1, 0.15) is 107 Å². The molecule has 168 valence electrons. The second-order valence-corrected chi connectivity index (χ2v) is 10.6. The summed E-state index contributed by atoms with van der Waals surface area (Å²) < 4.78 is 4.65. The second kappa shape index (κ2) is 18.2. The average Bonchev–Trinajstić information content (AvgIpc) is 2.75. The smallest absolute Gasteiger partial charge is 0.305 e. The van der Waals surface area contributed by atoms with Crippen LogP contribution in [0.5, 0.6) is 0 Å². The van der Waals surface area contributed by atoms with Gasteiger partial charge in [0.2, 0.25) is 0 Å². The first-order chi connectivity index (χ1) is 14.6. The van der Waals surface area contributed by atoms with Gasteiger partial charge in [-0.1, -0.05) is 87.4 Å². The van der Waals surface area contributed by atoms with Crippen molar-refractivity contribution in [1.29, 1.82) is 0 Å². The van der Waals surface area contributed by atoms with E-state index in [9.17, 15) is 9.59 Å².